The van der Waals surface area contributed by atoms with E-state index in [0.29, 0.717) is 23.3 Å². The van der Waals surface area contributed by atoms with Crippen molar-refractivity contribution in [3.8, 4) is 5.69 Å². The maximum atomic E-state index is 13.4. The molecule has 0 aliphatic rings. The fourth-order valence-corrected chi connectivity index (χ4v) is 2.85. The van der Waals surface area contributed by atoms with Crippen LogP contribution in [0.2, 0.25) is 0 Å². The van der Waals surface area contributed by atoms with Crippen molar-refractivity contribution in [2.45, 2.75) is 31.2 Å². The molecule has 0 aliphatic carbocycles. The second-order valence-corrected chi connectivity index (χ2v) is 7.22. The highest BCUT2D eigenvalue weighted by Crippen LogP contribution is 2.24. The second kappa shape index (κ2) is 8.66. The van der Waals surface area contributed by atoms with Crippen LogP contribution in [0.15, 0.2) is 41.8 Å². The van der Waals surface area contributed by atoms with Crippen LogP contribution in [0.5, 0.6) is 0 Å². The highest BCUT2D eigenvalue weighted by molar-refractivity contribution is 8.00. The van der Waals surface area contributed by atoms with Crippen LogP contribution in [0.1, 0.15) is 20.8 Å². The van der Waals surface area contributed by atoms with Crippen LogP contribution in [0.25, 0.3) is 5.69 Å². The summed E-state index contributed by atoms with van der Waals surface area (Å²) in [6.07, 6.45) is 3.27. The van der Waals surface area contributed by atoms with E-state index in [1.807, 2.05) is 13.8 Å². The van der Waals surface area contributed by atoms with Gasteiger partial charge in [0.05, 0.1) is 10.9 Å². The predicted molar refractivity (Wildman–Crippen MR) is 95.2 cm³/mol. The highest BCUT2D eigenvalue weighted by atomic mass is 32.2. The number of halogens is 1. The van der Waals surface area contributed by atoms with E-state index in [9.17, 15) is 14.0 Å². The third kappa shape index (κ3) is 5.60. The van der Waals surface area contributed by atoms with E-state index >= 15 is 0 Å². The summed E-state index contributed by atoms with van der Waals surface area (Å²) in [5.74, 6) is -0.471. The van der Waals surface area contributed by atoms with Gasteiger partial charge in [-0.3, -0.25) is 14.7 Å². The van der Waals surface area contributed by atoms with Gasteiger partial charge in [-0.05, 0) is 31.0 Å². The molecular formula is C17H21FN4O2S. The van der Waals surface area contributed by atoms with Crippen molar-refractivity contribution in [2.24, 2.45) is 5.92 Å². The number of amides is 3. The molecule has 0 bridgehead atoms. The summed E-state index contributed by atoms with van der Waals surface area (Å²) in [5.41, 5.74) is 0.613. The number of nitrogens with one attached hydrogen (secondary N) is 2. The van der Waals surface area contributed by atoms with Gasteiger partial charge in [0.25, 0.3) is 0 Å². The Balaban J connectivity index is 1.99. The molecule has 1 unspecified atom stereocenters. The lowest BCUT2D eigenvalue weighted by Gasteiger charge is -2.13. The van der Waals surface area contributed by atoms with Crippen LogP contribution in [-0.2, 0) is 4.79 Å². The number of benzene rings is 1. The Labute approximate surface area is 150 Å². The molecule has 2 N–H and O–H groups in total. The van der Waals surface area contributed by atoms with Gasteiger partial charge in [-0.25, -0.2) is 14.2 Å². The quantitative estimate of drug-likeness (QED) is 0.773. The SMILES string of the molecule is CC(C)CNC(=O)NC(=O)C(C)Sc1nccn1-c1cccc(F)c1. The van der Waals surface area contributed by atoms with Gasteiger partial charge in [-0.15, -0.1) is 0 Å². The molecule has 1 heterocycles. The highest BCUT2D eigenvalue weighted by Gasteiger charge is 2.19. The third-order valence-electron chi connectivity index (χ3n) is 3.25. The van der Waals surface area contributed by atoms with Crippen molar-refractivity contribution in [2.75, 3.05) is 6.54 Å². The monoisotopic (exact) mass is 364 g/mol. The lowest BCUT2D eigenvalue weighted by Crippen LogP contribution is -2.43. The Hall–Kier alpha value is -2.35. The molecule has 134 valence electrons. The zero-order valence-electron chi connectivity index (χ0n) is 14.3. The van der Waals surface area contributed by atoms with E-state index in [-0.39, 0.29) is 5.82 Å². The molecule has 8 heteroatoms. The number of hydrogen-bond acceptors (Lipinski definition) is 4. The number of urea groups is 1. The number of imidazole rings is 1. The number of carbonyl (C=O) groups is 2. The van der Waals surface area contributed by atoms with Gasteiger partial charge in [0.15, 0.2) is 5.16 Å². The second-order valence-electron chi connectivity index (χ2n) is 5.91. The number of carbonyl (C=O) groups excluding carboxylic acids is 2. The van der Waals surface area contributed by atoms with Gasteiger partial charge < -0.3 is 5.32 Å². The van der Waals surface area contributed by atoms with Gasteiger partial charge in [-0.2, -0.15) is 0 Å². The third-order valence-corrected chi connectivity index (χ3v) is 4.33. The molecule has 2 aromatic rings. The maximum absolute atomic E-state index is 13.4. The molecule has 2 rings (SSSR count). The number of aromatic nitrogens is 2. The molecule has 25 heavy (non-hydrogen) atoms. The van der Waals surface area contributed by atoms with E-state index in [4.69, 9.17) is 0 Å². The number of thioether (sulfide) groups is 1. The Morgan fingerprint density at radius 2 is 2.08 bits per heavy atom. The van der Waals surface area contributed by atoms with Gasteiger partial charge in [-0.1, -0.05) is 31.7 Å². The Morgan fingerprint density at radius 3 is 2.76 bits per heavy atom. The van der Waals surface area contributed by atoms with Crippen LogP contribution >= 0.6 is 11.8 Å². The van der Waals surface area contributed by atoms with Crippen molar-refractivity contribution < 1.29 is 14.0 Å². The summed E-state index contributed by atoms with van der Waals surface area (Å²) in [6.45, 7) is 6.10. The summed E-state index contributed by atoms with van der Waals surface area (Å²) in [6, 6.07) is 5.59. The van der Waals surface area contributed by atoms with E-state index in [1.165, 1.54) is 23.9 Å². The fourth-order valence-electron chi connectivity index (χ4n) is 1.97. The minimum atomic E-state index is -0.542. The molecule has 1 atom stereocenters. The molecule has 1 aromatic heterocycles. The van der Waals surface area contributed by atoms with Crippen molar-refractivity contribution in [3.63, 3.8) is 0 Å². The standard InChI is InChI=1S/C17H21FN4O2S/c1-11(2)10-20-16(24)21-15(23)12(3)25-17-19-7-8-22(17)14-6-4-5-13(18)9-14/h4-9,11-12H,10H2,1-3H3,(H2,20,21,23,24). The maximum Gasteiger partial charge on any atom is 0.321 e. The van der Waals surface area contributed by atoms with Gasteiger partial charge in [0.1, 0.15) is 5.82 Å². The molecule has 0 aliphatic heterocycles. The summed E-state index contributed by atoms with van der Waals surface area (Å²) < 4.78 is 15.1. The molecule has 0 saturated heterocycles. The fraction of sp³-hybridized carbons (Fsp3) is 0.353. The van der Waals surface area contributed by atoms with Crippen LogP contribution in [0, 0.1) is 11.7 Å². The van der Waals surface area contributed by atoms with E-state index in [1.54, 1.807) is 36.0 Å². The molecule has 1 aromatic carbocycles. The predicted octanol–water partition coefficient (Wildman–Crippen LogP) is 2.97. The van der Waals surface area contributed by atoms with Crippen molar-refractivity contribution >= 4 is 23.7 Å². The molecule has 0 radical (unpaired) electrons. The Bertz CT molecular complexity index is 748. The average Bonchev–Trinajstić information content (AvgIpc) is 3.01. The zero-order valence-corrected chi connectivity index (χ0v) is 15.1. The van der Waals surface area contributed by atoms with Crippen LogP contribution in [-0.4, -0.2) is 33.3 Å². The number of imide groups is 1. The first kappa shape index (κ1) is 19.0. The minimum Gasteiger partial charge on any atom is -0.338 e. The van der Waals surface area contributed by atoms with Gasteiger partial charge in [0.2, 0.25) is 5.91 Å². The van der Waals surface area contributed by atoms with Crippen molar-refractivity contribution in [3.05, 3.63) is 42.5 Å². The molecule has 0 saturated carbocycles. The van der Waals surface area contributed by atoms with E-state index in [2.05, 4.69) is 15.6 Å². The van der Waals surface area contributed by atoms with Crippen LogP contribution in [0.4, 0.5) is 9.18 Å². The number of hydrogen-bond donors (Lipinski definition) is 2. The van der Waals surface area contributed by atoms with Gasteiger partial charge >= 0.3 is 6.03 Å². The van der Waals surface area contributed by atoms with E-state index in [0.717, 1.165) is 0 Å². The molecule has 3 amide bonds. The first-order valence-corrected chi connectivity index (χ1v) is 8.79. The van der Waals surface area contributed by atoms with E-state index < -0.39 is 17.2 Å². The first-order valence-electron chi connectivity index (χ1n) is 7.91. The first-order chi connectivity index (χ1) is 11.9. The van der Waals surface area contributed by atoms with Crippen molar-refractivity contribution in [1.82, 2.24) is 20.2 Å². The molecule has 0 spiro atoms. The Kier molecular flexibility index (Phi) is 6.58. The molecule has 6 nitrogen and oxygen atoms in total. The topological polar surface area (TPSA) is 76.0 Å². The largest absolute Gasteiger partial charge is 0.338 e. The minimum absolute atomic E-state index is 0.298. The molecule has 0 fully saturated rings. The number of nitrogens with zero attached hydrogens (tertiary/aromatic N) is 2. The smallest absolute Gasteiger partial charge is 0.321 e. The molecular weight excluding hydrogens is 343 g/mol. The van der Waals surface area contributed by atoms with Crippen LogP contribution in [0.3, 0.4) is 0 Å². The van der Waals surface area contributed by atoms with Crippen molar-refractivity contribution in [1.29, 1.82) is 0 Å². The Morgan fingerprint density at radius 1 is 1.32 bits per heavy atom. The summed E-state index contributed by atoms with van der Waals surface area (Å²) >= 11 is 1.19. The normalized spacial score (nSPS) is 12.0. The van der Waals surface area contributed by atoms with Crippen LogP contribution < -0.4 is 10.6 Å². The average molecular weight is 364 g/mol. The lowest BCUT2D eigenvalue weighted by atomic mass is 10.2. The summed E-state index contributed by atoms with van der Waals surface area (Å²) in [5, 5.41) is 4.93. The zero-order chi connectivity index (χ0) is 18.4. The summed E-state index contributed by atoms with van der Waals surface area (Å²) in [7, 11) is 0. The summed E-state index contributed by atoms with van der Waals surface area (Å²) in [4.78, 5) is 28.0. The number of rotatable bonds is 6. The van der Waals surface area contributed by atoms with Gasteiger partial charge in [0, 0.05) is 18.9 Å². The lowest BCUT2D eigenvalue weighted by molar-refractivity contribution is -0.119.